The van der Waals surface area contributed by atoms with Crippen LogP contribution in [0.25, 0.3) is 0 Å². The molecular formula is C18H38N2O2+2. The summed E-state index contributed by atoms with van der Waals surface area (Å²) in [5.41, 5.74) is 0. The van der Waals surface area contributed by atoms with Gasteiger partial charge in [-0.05, 0) is 39.5 Å². The smallest absolute Gasteiger partial charge is 0.102 e. The van der Waals surface area contributed by atoms with Crippen LogP contribution < -0.4 is 0 Å². The van der Waals surface area contributed by atoms with Gasteiger partial charge in [-0.1, -0.05) is 0 Å². The van der Waals surface area contributed by atoms with Gasteiger partial charge < -0.3 is 18.4 Å². The average molecular weight is 315 g/mol. The van der Waals surface area contributed by atoms with E-state index in [-0.39, 0.29) is 0 Å². The summed E-state index contributed by atoms with van der Waals surface area (Å²) in [6.07, 6.45) is 5.59. The van der Waals surface area contributed by atoms with E-state index in [1.54, 1.807) is 0 Å². The molecule has 2 saturated heterocycles. The van der Waals surface area contributed by atoms with E-state index in [1.165, 1.54) is 87.0 Å². The van der Waals surface area contributed by atoms with Crippen LogP contribution in [0.3, 0.4) is 0 Å². The van der Waals surface area contributed by atoms with Crippen LogP contribution in [0.2, 0.25) is 0 Å². The Hall–Kier alpha value is -0.160. The Bertz CT molecular complexity index is 267. The Balaban J connectivity index is 1.58. The molecule has 0 spiro atoms. The molecule has 2 fully saturated rings. The van der Waals surface area contributed by atoms with Crippen molar-refractivity contribution in [3.63, 3.8) is 0 Å². The Morgan fingerprint density at radius 1 is 0.591 bits per heavy atom. The lowest BCUT2D eigenvalue weighted by molar-refractivity contribution is -0.934. The van der Waals surface area contributed by atoms with Crippen molar-refractivity contribution in [1.29, 1.82) is 0 Å². The number of morpholine rings is 2. The molecule has 0 aromatic rings. The van der Waals surface area contributed by atoms with Crippen molar-refractivity contribution in [2.75, 3.05) is 78.8 Å². The number of nitrogens with zero attached hydrogens (tertiary/aromatic N) is 2. The molecule has 0 amide bonds. The molecule has 130 valence electrons. The summed E-state index contributed by atoms with van der Waals surface area (Å²) in [5, 5.41) is 0. The molecule has 2 aliphatic rings. The van der Waals surface area contributed by atoms with E-state index in [4.69, 9.17) is 9.47 Å². The molecule has 0 unspecified atom stereocenters. The molecule has 0 saturated carbocycles. The number of likely N-dealkylation sites (N-methyl/N-ethyl adjacent to an activating group) is 2. The second-order valence-electron chi connectivity index (χ2n) is 7.30. The lowest BCUT2D eigenvalue weighted by Gasteiger charge is -2.41. The van der Waals surface area contributed by atoms with Crippen molar-refractivity contribution in [2.24, 2.45) is 0 Å². The predicted octanol–water partition coefficient (Wildman–Crippen LogP) is 2.28. The summed E-state index contributed by atoms with van der Waals surface area (Å²) < 4.78 is 13.7. The molecule has 2 heterocycles. The normalized spacial score (nSPS) is 24.3. The maximum atomic E-state index is 5.53. The summed E-state index contributed by atoms with van der Waals surface area (Å²) in [6.45, 7) is 18.7. The standard InChI is InChI=1S/C18H38N2O2/c1-3-19(11-15-21-16-12-19)9-7-5-6-8-10-20(4-2)13-17-22-18-14-20/h3-18H2,1-2H3/q+2. The van der Waals surface area contributed by atoms with Gasteiger partial charge in [-0.2, -0.15) is 0 Å². The van der Waals surface area contributed by atoms with Gasteiger partial charge in [0.1, 0.15) is 26.2 Å². The zero-order valence-corrected chi connectivity index (χ0v) is 15.0. The van der Waals surface area contributed by atoms with Crippen molar-refractivity contribution in [3.8, 4) is 0 Å². The van der Waals surface area contributed by atoms with Crippen molar-refractivity contribution in [2.45, 2.75) is 39.5 Å². The third-order valence-electron chi connectivity index (χ3n) is 6.20. The molecule has 4 heteroatoms. The lowest BCUT2D eigenvalue weighted by atomic mass is 10.1. The first-order valence-electron chi connectivity index (χ1n) is 9.60. The van der Waals surface area contributed by atoms with Crippen molar-refractivity contribution < 1.29 is 18.4 Å². The number of quaternary nitrogens is 2. The van der Waals surface area contributed by atoms with Crippen LogP contribution in [0.15, 0.2) is 0 Å². The van der Waals surface area contributed by atoms with Gasteiger partial charge >= 0.3 is 0 Å². The molecule has 22 heavy (non-hydrogen) atoms. The average Bonchev–Trinajstić information content (AvgIpc) is 2.59. The van der Waals surface area contributed by atoms with E-state index in [0.717, 1.165) is 26.4 Å². The fourth-order valence-electron chi connectivity index (χ4n) is 4.10. The second kappa shape index (κ2) is 9.21. The van der Waals surface area contributed by atoms with Gasteiger partial charge in [0.05, 0.1) is 52.6 Å². The molecule has 0 aromatic carbocycles. The molecule has 0 atom stereocenters. The van der Waals surface area contributed by atoms with Crippen LogP contribution in [0, 0.1) is 0 Å². The second-order valence-corrected chi connectivity index (χ2v) is 7.30. The quantitative estimate of drug-likeness (QED) is 0.480. The van der Waals surface area contributed by atoms with E-state index in [0.29, 0.717) is 0 Å². The number of hydrogen-bond donors (Lipinski definition) is 0. The topological polar surface area (TPSA) is 18.5 Å². The summed E-state index contributed by atoms with van der Waals surface area (Å²) >= 11 is 0. The lowest BCUT2D eigenvalue weighted by Crippen LogP contribution is -2.55. The van der Waals surface area contributed by atoms with Crippen LogP contribution in [0.5, 0.6) is 0 Å². The summed E-state index contributed by atoms with van der Waals surface area (Å²) in [7, 11) is 0. The molecule has 2 rings (SSSR count). The van der Waals surface area contributed by atoms with Crippen molar-refractivity contribution in [1.82, 2.24) is 0 Å². The number of ether oxygens (including phenoxy) is 2. The Labute approximate surface area is 137 Å². The summed E-state index contributed by atoms with van der Waals surface area (Å²) in [5.74, 6) is 0. The summed E-state index contributed by atoms with van der Waals surface area (Å²) in [6, 6.07) is 0. The maximum Gasteiger partial charge on any atom is 0.102 e. The number of hydrogen-bond acceptors (Lipinski definition) is 2. The molecule has 2 aliphatic heterocycles. The van der Waals surface area contributed by atoms with Gasteiger partial charge in [0.15, 0.2) is 0 Å². The minimum Gasteiger partial charge on any atom is -0.370 e. The fraction of sp³-hybridized carbons (Fsp3) is 1.00. The largest absolute Gasteiger partial charge is 0.370 e. The van der Waals surface area contributed by atoms with Crippen LogP contribution in [-0.2, 0) is 9.47 Å². The van der Waals surface area contributed by atoms with E-state index >= 15 is 0 Å². The van der Waals surface area contributed by atoms with Gasteiger partial charge in [-0.25, -0.2) is 0 Å². The van der Waals surface area contributed by atoms with Crippen LogP contribution in [0.4, 0.5) is 0 Å². The number of unbranched alkanes of at least 4 members (excludes halogenated alkanes) is 3. The highest BCUT2D eigenvalue weighted by Crippen LogP contribution is 2.16. The SMILES string of the molecule is CC[N+]1(CCCCCC[N+]2(CC)CCOCC2)CCOCC1. The first-order chi connectivity index (χ1) is 10.7. The Morgan fingerprint density at radius 3 is 1.27 bits per heavy atom. The minimum absolute atomic E-state index is 0.965. The first kappa shape index (κ1) is 18.2. The van der Waals surface area contributed by atoms with E-state index in [1.807, 2.05) is 0 Å². The number of rotatable bonds is 9. The minimum atomic E-state index is 0.965. The van der Waals surface area contributed by atoms with E-state index < -0.39 is 0 Å². The highest BCUT2D eigenvalue weighted by Gasteiger charge is 2.29. The molecule has 0 aromatic heterocycles. The van der Waals surface area contributed by atoms with E-state index in [9.17, 15) is 0 Å². The van der Waals surface area contributed by atoms with E-state index in [2.05, 4.69) is 13.8 Å². The highest BCUT2D eigenvalue weighted by molar-refractivity contribution is 4.53. The van der Waals surface area contributed by atoms with Crippen LogP contribution >= 0.6 is 0 Å². The fourth-order valence-corrected chi connectivity index (χ4v) is 4.10. The van der Waals surface area contributed by atoms with Crippen molar-refractivity contribution >= 4 is 0 Å². The Kier molecular flexibility index (Phi) is 7.61. The van der Waals surface area contributed by atoms with Crippen LogP contribution in [0.1, 0.15) is 39.5 Å². The monoisotopic (exact) mass is 314 g/mol. The molecule has 0 radical (unpaired) electrons. The molecule has 0 N–H and O–H groups in total. The zero-order chi connectivity index (χ0) is 15.7. The molecule has 4 nitrogen and oxygen atoms in total. The van der Waals surface area contributed by atoms with Gasteiger partial charge in [-0.3, -0.25) is 0 Å². The summed E-state index contributed by atoms with van der Waals surface area (Å²) in [4.78, 5) is 0. The third-order valence-corrected chi connectivity index (χ3v) is 6.20. The van der Waals surface area contributed by atoms with Gasteiger partial charge in [0.2, 0.25) is 0 Å². The molecule has 0 aliphatic carbocycles. The van der Waals surface area contributed by atoms with Crippen LogP contribution in [-0.4, -0.2) is 87.8 Å². The molecule has 0 bridgehead atoms. The van der Waals surface area contributed by atoms with Gasteiger partial charge in [-0.15, -0.1) is 0 Å². The highest BCUT2D eigenvalue weighted by atomic mass is 16.5. The predicted molar refractivity (Wildman–Crippen MR) is 90.9 cm³/mol. The first-order valence-corrected chi connectivity index (χ1v) is 9.60. The Morgan fingerprint density at radius 2 is 0.955 bits per heavy atom. The molecular weight excluding hydrogens is 276 g/mol. The maximum absolute atomic E-state index is 5.53. The van der Waals surface area contributed by atoms with Gasteiger partial charge in [0.25, 0.3) is 0 Å². The van der Waals surface area contributed by atoms with Crippen molar-refractivity contribution in [3.05, 3.63) is 0 Å². The van der Waals surface area contributed by atoms with Gasteiger partial charge in [0, 0.05) is 0 Å². The zero-order valence-electron chi connectivity index (χ0n) is 15.0. The third kappa shape index (κ3) is 5.19.